The lowest BCUT2D eigenvalue weighted by Gasteiger charge is -2.40. The van der Waals surface area contributed by atoms with Gasteiger partial charge in [-0.3, -0.25) is 14.9 Å². The third kappa shape index (κ3) is 1.85. The van der Waals surface area contributed by atoms with Crippen LogP contribution in [0.25, 0.3) is 0 Å². The fourth-order valence-corrected chi connectivity index (χ4v) is 2.51. The number of rotatable bonds is 2. The van der Waals surface area contributed by atoms with Gasteiger partial charge in [0.15, 0.2) is 0 Å². The van der Waals surface area contributed by atoms with Crippen molar-refractivity contribution in [2.24, 2.45) is 5.73 Å². The van der Waals surface area contributed by atoms with Gasteiger partial charge in [-0.05, 0) is 12.0 Å². The summed E-state index contributed by atoms with van der Waals surface area (Å²) in [6.07, 6.45) is 0.928. The third-order valence-corrected chi connectivity index (χ3v) is 3.60. The monoisotopic (exact) mass is 232 g/mol. The van der Waals surface area contributed by atoms with Crippen LogP contribution in [0.2, 0.25) is 0 Å². The fraction of sp³-hybridized carbons (Fsp3) is 0.385. The van der Waals surface area contributed by atoms with Crippen molar-refractivity contribution in [3.05, 3.63) is 35.9 Å². The highest BCUT2D eigenvalue weighted by atomic mass is 16.2. The summed E-state index contributed by atoms with van der Waals surface area (Å²) in [4.78, 5) is 23.3. The van der Waals surface area contributed by atoms with Crippen molar-refractivity contribution in [2.45, 2.75) is 31.2 Å². The Morgan fingerprint density at radius 1 is 1.35 bits per heavy atom. The van der Waals surface area contributed by atoms with Crippen LogP contribution in [0.5, 0.6) is 0 Å². The first-order valence-corrected chi connectivity index (χ1v) is 5.75. The highest BCUT2D eigenvalue weighted by molar-refractivity contribution is 6.02. The molecule has 1 aliphatic heterocycles. The molecule has 17 heavy (non-hydrogen) atoms. The van der Waals surface area contributed by atoms with Gasteiger partial charge in [0, 0.05) is 11.8 Å². The molecule has 90 valence electrons. The number of carbonyl (C=O) groups excluding carboxylic acids is 2. The second kappa shape index (κ2) is 4.30. The Bertz CT molecular complexity index is 444. The maximum atomic E-state index is 11.7. The highest BCUT2D eigenvalue weighted by Gasteiger charge is 2.46. The minimum absolute atomic E-state index is 0.248. The van der Waals surface area contributed by atoms with Gasteiger partial charge in [0.05, 0.1) is 6.04 Å². The average Bonchev–Trinajstić information content (AvgIpc) is 2.35. The number of hydrogen-bond donors (Lipinski definition) is 2. The van der Waals surface area contributed by atoms with Crippen molar-refractivity contribution in [2.75, 3.05) is 0 Å². The van der Waals surface area contributed by atoms with Crippen molar-refractivity contribution in [3.63, 3.8) is 0 Å². The van der Waals surface area contributed by atoms with Crippen molar-refractivity contribution < 1.29 is 9.59 Å². The lowest BCUT2D eigenvalue weighted by Crippen LogP contribution is -2.61. The SMILES string of the molecule is CCC1(c2ccccc2)CC(=O)NC(=O)C1N. The number of nitrogens with two attached hydrogens (primary N) is 1. The van der Waals surface area contributed by atoms with Crippen LogP contribution in [0.4, 0.5) is 0 Å². The van der Waals surface area contributed by atoms with E-state index >= 15 is 0 Å². The molecule has 1 fully saturated rings. The average molecular weight is 232 g/mol. The molecule has 2 amide bonds. The van der Waals surface area contributed by atoms with Crippen molar-refractivity contribution in [1.29, 1.82) is 0 Å². The zero-order chi connectivity index (χ0) is 12.5. The van der Waals surface area contributed by atoms with Crippen molar-refractivity contribution in [3.8, 4) is 0 Å². The lowest BCUT2D eigenvalue weighted by atomic mass is 9.68. The Morgan fingerprint density at radius 2 is 2.00 bits per heavy atom. The summed E-state index contributed by atoms with van der Waals surface area (Å²) in [5, 5.41) is 2.29. The molecule has 1 saturated heterocycles. The summed E-state index contributed by atoms with van der Waals surface area (Å²) in [6.45, 7) is 1.96. The molecule has 4 heteroatoms. The topological polar surface area (TPSA) is 72.2 Å². The first-order chi connectivity index (χ1) is 8.10. The molecule has 2 atom stereocenters. The maximum absolute atomic E-state index is 11.7. The molecule has 1 aliphatic rings. The smallest absolute Gasteiger partial charge is 0.244 e. The molecular weight excluding hydrogens is 216 g/mol. The van der Waals surface area contributed by atoms with Gasteiger partial charge in [-0.15, -0.1) is 0 Å². The molecule has 0 aromatic heterocycles. The van der Waals surface area contributed by atoms with E-state index in [1.54, 1.807) is 0 Å². The van der Waals surface area contributed by atoms with Crippen LogP contribution >= 0.6 is 0 Å². The van der Waals surface area contributed by atoms with Gasteiger partial charge < -0.3 is 5.73 Å². The molecule has 0 spiro atoms. The van der Waals surface area contributed by atoms with Crippen molar-refractivity contribution in [1.82, 2.24) is 5.32 Å². The number of nitrogens with one attached hydrogen (secondary N) is 1. The minimum Gasteiger partial charge on any atom is -0.319 e. The molecule has 1 heterocycles. The summed E-state index contributed by atoms with van der Waals surface area (Å²) >= 11 is 0. The minimum atomic E-state index is -0.674. The molecule has 1 aromatic carbocycles. The largest absolute Gasteiger partial charge is 0.319 e. The zero-order valence-corrected chi connectivity index (χ0v) is 9.77. The Hall–Kier alpha value is -1.68. The van der Waals surface area contributed by atoms with E-state index in [4.69, 9.17) is 5.73 Å². The van der Waals surface area contributed by atoms with Gasteiger partial charge in [-0.2, -0.15) is 0 Å². The van der Waals surface area contributed by atoms with Gasteiger partial charge in [-0.1, -0.05) is 37.3 Å². The molecule has 0 radical (unpaired) electrons. The van der Waals surface area contributed by atoms with Crippen LogP contribution in [0.15, 0.2) is 30.3 Å². The zero-order valence-electron chi connectivity index (χ0n) is 9.77. The first-order valence-electron chi connectivity index (χ1n) is 5.75. The number of benzene rings is 1. The van der Waals surface area contributed by atoms with E-state index in [2.05, 4.69) is 5.32 Å². The predicted octanol–water partition coefficient (Wildman–Crippen LogP) is 0.708. The maximum Gasteiger partial charge on any atom is 0.244 e. The molecule has 2 rings (SSSR count). The van der Waals surface area contributed by atoms with Gasteiger partial charge >= 0.3 is 0 Å². The predicted molar refractivity (Wildman–Crippen MR) is 64.2 cm³/mol. The molecule has 2 unspecified atom stereocenters. The first kappa shape index (κ1) is 11.8. The molecule has 0 saturated carbocycles. The van der Waals surface area contributed by atoms with Crippen LogP contribution in [-0.4, -0.2) is 17.9 Å². The van der Waals surface area contributed by atoms with E-state index in [1.807, 2.05) is 37.3 Å². The lowest BCUT2D eigenvalue weighted by molar-refractivity contribution is -0.137. The van der Waals surface area contributed by atoms with Crippen LogP contribution < -0.4 is 11.1 Å². The Labute approximate surface area is 100 Å². The second-order valence-corrected chi connectivity index (χ2v) is 4.44. The Balaban J connectivity index is 2.49. The Morgan fingerprint density at radius 3 is 2.59 bits per heavy atom. The summed E-state index contributed by atoms with van der Waals surface area (Å²) in [5.74, 6) is -0.630. The number of amides is 2. The van der Waals surface area contributed by atoms with Crippen LogP contribution in [0.3, 0.4) is 0 Å². The van der Waals surface area contributed by atoms with Crippen LogP contribution in [0, 0.1) is 0 Å². The van der Waals surface area contributed by atoms with Gasteiger partial charge in [0.1, 0.15) is 0 Å². The molecule has 4 nitrogen and oxygen atoms in total. The van der Waals surface area contributed by atoms with Gasteiger partial charge in [-0.25, -0.2) is 0 Å². The van der Waals surface area contributed by atoms with Crippen LogP contribution in [0.1, 0.15) is 25.3 Å². The number of hydrogen-bond acceptors (Lipinski definition) is 3. The normalized spacial score (nSPS) is 28.9. The summed E-state index contributed by atoms with van der Waals surface area (Å²) in [6, 6.07) is 8.88. The van der Waals surface area contributed by atoms with E-state index in [1.165, 1.54) is 0 Å². The molecule has 1 aromatic rings. The van der Waals surface area contributed by atoms with E-state index in [-0.39, 0.29) is 18.2 Å². The summed E-state index contributed by atoms with van der Waals surface area (Å²) in [7, 11) is 0. The van der Waals surface area contributed by atoms with E-state index in [0.29, 0.717) is 6.42 Å². The molecular formula is C13H16N2O2. The second-order valence-electron chi connectivity index (χ2n) is 4.44. The molecule has 0 aliphatic carbocycles. The van der Waals surface area contributed by atoms with Crippen LogP contribution in [-0.2, 0) is 15.0 Å². The summed E-state index contributed by atoms with van der Waals surface area (Å²) < 4.78 is 0. The molecule has 3 N–H and O–H groups in total. The third-order valence-electron chi connectivity index (χ3n) is 3.60. The highest BCUT2D eigenvalue weighted by Crippen LogP contribution is 2.36. The Kier molecular flexibility index (Phi) is 2.98. The van der Waals surface area contributed by atoms with Gasteiger partial charge in [0.2, 0.25) is 11.8 Å². The number of imide groups is 1. The molecule has 0 bridgehead atoms. The number of carbonyl (C=O) groups is 2. The summed E-state index contributed by atoms with van der Waals surface area (Å²) in [5.41, 5.74) is 6.39. The quantitative estimate of drug-likeness (QED) is 0.737. The van der Waals surface area contributed by atoms with Crippen molar-refractivity contribution >= 4 is 11.8 Å². The van der Waals surface area contributed by atoms with Gasteiger partial charge in [0.25, 0.3) is 0 Å². The number of piperidine rings is 1. The fourth-order valence-electron chi connectivity index (χ4n) is 2.51. The standard InChI is InChI=1S/C13H16N2O2/c1-2-13(9-6-4-3-5-7-9)8-10(16)15-12(17)11(13)14/h3-7,11H,2,8,14H2,1H3,(H,15,16,17). The van der Waals surface area contributed by atoms with E-state index in [9.17, 15) is 9.59 Å². The van der Waals surface area contributed by atoms with E-state index < -0.39 is 11.5 Å². The van der Waals surface area contributed by atoms with E-state index in [0.717, 1.165) is 5.56 Å².